The summed E-state index contributed by atoms with van der Waals surface area (Å²) in [6, 6.07) is 7.47. The molecule has 1 aromatic heterocycles. The standard InChI is InChI=1S/C19H15ClF3NO3/c1-24-15-6-5-10(19(21,22)23)9-13(15)16(12(7-8-25)18(24)27)11-3-2-4-14(20)17(11)26/h2-6,9,25-26H,7-8H2,1H3. The molecule has 0 aliphatic heterocycles. The molecule has 2 aromatic carbocycles. The van der Waals surface area contributed by atoms with Gasteiger partial charge in [0.05, 0.1) is 16.1 Å². The third kappa shape index (κ3) is 3.28. The average Bonchev–Trinajstić information content (AvgIpc) is 2.61. The first-order valence-electron chi connectivity index (χ1n) is 7.98. The normalized spacial score (nSPS) is 11.9. The van der Waals surface area contributed by atoms with Crippen molar-refractivity contribution in [3.05, 3.63) is 62.9 Å². The number of fused-ring (bicyclic) bond motifs is 1. The van der Waals surface area contributed by atoms with Gasteiger partial charge in [-0.3, -0.25) is 4.79 Å². The summed E-state index contributed by atoms with van der Waals surface area (Å²) in [6.45, 7) is -0.381. The van der Waals surface area contributed by atoms with Gasteiger partial charge in [0.2, 0.25) is 0 Å². The van der Waals surface area contributed by atoms with Gasteiger partial charge in [0.25, 0.3) is 5.56 Å². The highest BCUT2D eigenvalue weighted by Crippen LogP contribution is 2.41. The maximum absolute atomic E-state index is 13.2. The Labute approximate surface area is 157 Å². The van der Waals surface area contributed by atoms with Gasteiger partial charge in [-0.25, -0.2) is 0 Å². The topological polar surface area (TPSA) is 62.5 Å². The van der Waals surface area contributed by atoms with Crippen molar-refractivity contribution in [3.63, 3.8) is 0 Å². The van der Waals surface area contributed by atoms with Gasteiger partial charge in [-0.05, 0) is 24.3 Å². The second kappa shape index (κ2) is 6.90. The Morgan fingerprint density at radius 3 is 2.52 bits per heavy atom. The molecule has 1 heterocycles. The minimum absolute atomic E-state index is 0.00301. The molecular weight excluding hydrogens is 383 g/mol. The highest BCUT2D eigenvalue weighted by molar-refractivity contribution is 6.32. The fraction of sp³-hybridized carbons (Fsp3) is 0.211. The third-order valence-electron chi connectivity index (χ3n) is 4.44. The van der Waals surface area contributed by atoms with Crippen LogP contribution in [0.2, 0.25) is 5.02 Å². The molecule has 27 heavy (non-hydrogen) atoms. The van der Waals surface area contributed by atoms with Crippen molar-refractivity contribution in [3.8, 4) is 16.9 Å². The maximum Gasteiger partial charge on any atom is 0.416 e. The number of aromatic hydroxyl groups is 1. The van der Waals surface area contributed by atoms with E-state index in [1.165, 1.54) is 35.9 Å². The first-order valence-corrected chi connectivity index (χ1v) is 8.36. The van der Waals surface area contributed by atoms with E-state index in [9.17, 15) is 28.2 Å². The van der Waals surface area contributed by atoms with Crippen LogP contribution in [0, 0.1) is 0 Å². The molecule has 2 N–H and O–H groups in total. The molecule has 0 aliphatic carbocycles. The van der Waals surface area contributed by atoms with Crippen molar-refractivity contribution in [2.24, 2.45) is 7.05 Å². The van der Waals surface area contributed by atoms with Gasteiger partial charge in [0, 0.05) is 42.2 Å². The molecule has 0 amide bonds. The van der Waals surface area contributed by atoms with Crippen LogP contribution in [-0.2, 0) is 19.6 Å². The number of aliphatic hydroxyl groups is 1. The van der Waals surface area contributed by atoms with Gasteiger partial charge < -0.3 is 14.8 Å². The fourth-order valence-electron chi connectivity index (χ4n) is 3.15. The summed E-state index contributed by atoms with van der Waals surface area (Å²) >= 11 is 5.96. The summed E-state index contributed by atoms with van der Waals surface area (Å²) in [7, 11) is 1.44. The number of rotatable bonds is 3. The van der Waals surface area contributed by atoms with Crippen LogP contribution >= 0.6 is 11.6 Å². The summed E-state index contributed by atoms with van der Waals surface area (Å²) in [5.74, 6) is -0.342. The summed E-state index contributed by atoms with van der Waals surface area (Å²) in [4.78, 5) is 12.8. The van der Waals surface area contributed by atoms with Crippen LogP contribution in [0.4, 0.5) is 13.2 Å². The van der Waals surface area contributed by atoms with Crippen LogP contribution < -0.4 is 5.56 Å². The summed E-state index contributed by atoms with van der Waals surface area (Å²) < 4.78 is 41.0. The highest BCUT2D eigenvalue weighted by atomic mass is 35.5. The minimum atomic E-state index is -4.58. The largest absolute Gasteiger partial charge is 0.506 e. The second-order valence-corrected chi connectivity index (χ2v) is 6.46. The Bertz CT molecular complexity index is 1090. The Balaban J connectivity index is 2.54. The minimum Gasteiger partial charge on any atom is -0.506 e. The first kappa shape index (κ1) is 19.3. The van der Waals surface area contributed by atoms with Crippen LogP contribution in [0.15, 0.2) is 41.2 Å². The van der Waals surface area contributed by atoms with E-state index < -0.39 is 17.3 Å². The molecule has 0 bridgehead atoms. The van der Waals surface area contributed by atoms with E-state index in [0.29, 0.717) is 0 Å². The number of alkyl halides is 3. The molecule has 142 valence electrons. The fourth-order valence-corrected chi connectivity index (χ4v) is 3.33. The Hall–Kier alpha value is -2.51. The van der Waals surface area contributed by atoms with E-state index in [0.717, 1.165) is 12.1 Å². The Kier molecular flexibility index (Phi) is 4.92. The molecule has 0 spiro atoms. The quantitative estimate of drug-likeness (QED) is 0.699. The van der Waals surface area contributed by atoms with E-state index in [1.54, 1.807) is 0 Å². The molecule has 0 saturated carbocycles. The number of benzene rings is 2. The van der Waals surface area contributed by atoms with Crippen LogP contribution in [0.3, 0.4) is 0 Å². The predicted octanol–water partition coefficient (Wildman–Crippen LogP) is 4.12. The number of para-hydroxylation sites is 1. The van der Waals surface area contributed by atoms with Crippen molar-refractivity contribution in [1.29, 1.82) is 0 Å². The summed E-state index contributed by atoms with van der Waals surface area (Å²) in [6.07, 6.45) is -4.66. The average molecular weight is 398 g/mol. The van der Waals surface area contributed by atoms with Crippen molar-refractivity contribution < 1.29 is 23.4 Å². The zero-order chi connectivity index (χ0) is 19.9. The Morgan fingerprint density at radius 1 is 1.19 bits per heavy atom. The van der Waals surface area contributed by atoms with E-state index in [2.05, 4.69) is 0 Å². The third-order valence-corrected chi connectivity index (χ3v) is 4.74. The lowest BCUT2D eigenvalue weighted by Crippen LogP contribution is -2.24. The van der Waals surface area contributed by atoms with Crippen molar-refractivity contribution in [2.45, 2.75) is 12.6 Å². The first-order chi connectivity index (χ1) is 12.7. The number of aromatic nitrogens is 1. The number of phenols is 1. The zero-order valence-corrected chi connectivity index (χ0v) is 14.9. The Morgan fingerprint density at radius 2 is 1.89 bits per heavy atom. The number of hydrogen-bond donors (Lipinski definition) is 2. The molecular formula is C19H15ClF3NO3. The molecule has 0 unspecified atom stereocenters. The molecule has 0 fully saturated rings. The lowest BCUT2D eigenvalue weighted by molar-refractivity contribution is -0.137. The zero-order valence-electron chi connectivity index (χ0n) is 14.1. The van der Waals surface area contributed by atoms with E-state index in [-0.39, 0.29) is 51.4 Å². The SMILES string of the molecule is Cn1c(=O)c(CCO)c(-c2cccc(Cl)c2O)c2cc(C(F)(F)F)ccc21. The second-order valence-electron chi connectivity index (χ2n) is 6.06. The van der Waals surface area contributed by atoms with Gasteiger partial charge in [-0.1, -0.05) is 23.7 Å². The van der Waals surface area contributed by atoms with Crippen LogP contribution in [-0.4, -0.2) is 21.4 Å². The van der Waals surface area contributed by atoms with Crippen molar-refractivity contribution in [1.82, 2.24) is 4.57 Å². The number of phenolic OH excluding ortho intramolecular Hbond substituents is 1. The van der Waals surface area contributed by atoms with Crippen LogP contribution in [0.25, 0.3) is 22.0 Å². The maximum atomic E-state index is 13.2. The van der Waals surface area contributed by atoms with Gasteiger partial charge in [-0.2, -0.15) is 13.2 Å². The monoisotopic (exact) mass is 397 g/mol. The molecule has 8 heteroatoms. The van der Waals surface area contributed by atoms with Gasteiger partial charge in [0.1, 0.15) is 5.75 Å². The smallest absolute Gasteiger partial charge is 0.416 e. The van der Waals surface area contributed by atoms with Gasteiger partial charge >= 0.3 is 6.18 Å². The van der Waals surface area contributed by atoms with Gasteiger partial charge in [-0.15, -0.1) is 0 Å². The molecule has 4 nitrogen and oxygen atoms in total. The number of halogens is 4. The highest BCUT2D eigenvalue weighted by Gasteiger charge is 2.31. The molecule has 0 radical (unpaired) electrons. The number of aliphatic hydroxyl groups excluding tert-OH is 1. The van der Waals surface area contributed by atoms with E-state index in [1.807, 2.05) is 0 Å². The molecule has 0 aliphatic rings. The summed E-state index contributed by atoms with van der Waals surface area (Å²) in [5, 5.41) is 19.9. The van der Waals surface area contributed by atoms with E-state index >= 15 is 0 Å². The van der Waals surface area contributed by atoms with Crippen molar-refractivity contribution >= 4 is 22.5 Å². The molecule has 3 rings (SSSR count). The molecule has 0 atom stereocenters. The predicted molar refractivity (Wildman–Crippen MR) is 97.1 cm³/mol. The van der Waals surface area contributed by atoms with Crippen molar-refractivity contribution in [2.75, 3.05) is 6.61 Å². The number of aryl methyl sites for hydroxylation is 1. The number of nitrogens with zero attached hydrogens (tertiary/aromatic N) is 1. The van der Waals surface area contributed by atoms with Crippen LogP contribution in [0.5, 0.6) is 5.75 Å². The molecule has 3 aromatic rings. The lowest BCUT2D eigenvalue weighted by Gasteiger charge is -2.18. The lowest BCUT2D eigenvalue weighted by atomic mass is 9.93. The molecule has 0 saturated heterocycles. The van der Waals surface area contributed by atoms with E-state index in [4.69, 9.17) is 11.6 Å². The van der Waals surface area contributed by atoms with Gasteiger partial charge in [0.15, 0.2) is 0 Å². The van der Waals surface area contributed by atoms with Crippen LogP contribution in [0.1, 0.15) is 11.1 Å². The summed E-state index contributed by atoms with van der Waals surface area (Å²) in [5.41, 5.74) is -0.716. The number of hydrogen-bond acceptors (Lipinski definition) is 3. The number of pyridine rings is 1.